The molecule has 0 spiro atoms. The molecule has 142 valence electrons. The maximum Gasteiger partial charge on any atom is 0.126 e. The van der Waals surface area contributed by atoms with Gasteiger partial charge in [-0.2, -0.15) is 0 Å². The van der Waals surface area contributed by atoms with Gasteiger partial charge in [-0.3, -0.25) is 0 Å². The first-order chi connectivity index (χ1) is 11.8. The Morgan fingerprint density at radius 3 is 2.48 bits per heavy atom. The average Bonchev–Trinajstić information content (AvgIpc) is 2.52. The highest BCUT2D eigenvalue weighted by molar-refractivity contribution is 5.13. The number of likely N-dealkylation sites (N-methyl/N-ethyl adjacent to an activating group) is 1. The number of quaternary nitrogens is 1. The number of benzene rings is 1. The van der Waals surface area contributed by atoms with Gasteiger partial charge < -0.3 is 14.3 Å². The third-order valence-electron chi connectivity index (χ3n) is 5.62. The maximum atomic E-state index is 10.5. The van der Waals surface area contributed by atoms with Gasteiger partial charge in [0.1, 0.15) is 19.2 Å². The van der Waals surface area contributed by atoms with Crippen LogP contribution < -0.4 is 0 Å². The molecular formula is C22H38NO2+. The van der Waals surface area contributed by atoms with Gasteiger partial charge in [-0.1, -0.05) is 57.5 Å². The molecule has 0 heterocycles. The highest BCUT2D eigenvalue weighted by atomic mass is 16.5. The Morgan fingerprint density at radius 1 is 1.16 bits per heavy atom. The first-order valence-electron chi connectivity index (χ1n) is 9.92. The summed E-state index contributed by atoms with van der Waals surface area (Å²) in [5, 5.41) is 10.5. The van der Waals surface area contributed by atoms with Gasteiger partial charge in [0.15, 0.2) is 0 Å². The van der Waals surface area contributed by atoms with Crippen molar-refractivity contribution in [2.24, 2.45) is 17.8 Å². The molecule has 0 radical (unpaired) electrons. The summed E-state index contributed by atoms with van der Waals surface area (Å²) in [4.78, 5) is 0. The van der Waals surface area contributed by atoms with Gasteiger partial charge in [0.05, 0.1) is 26.8 Å². The normalized spacial score (nSPS) is 26.0. The zero-order valence-electron chi connectivity index (χ0n) is 16.8. The Labute approximate surface area is 154 Å². The van der Waals surface area contributed by atoms with Crippen LogP contribution in [0.25, 0.3) is 0 Å². The van der Waals surface area contributed by atoms with Crippen molar-refractivity contribution in [3.8, 4) is 0 Å². The largest absolute Gasteiger partial charge is 0.385 e. The topological polar surface area (TPSA) is 29.5 Å². The molecule has 0 bridgehead atoms. The molecule has 3 nitrogen and oxygen atoms in total. The van der Waals surface area contributed by atoms with Crippen LogP contribution in [0.15, 0.2) is 30.3 Å². The minimum absolute atomic E-state index is 0.308. The molecule has 1 aliphatic rings. The second-order valence-electron chi connectivity index (χ2n) is 9.11. The molecule has 0 amide bonds. The lowest BCUT2D eigenvalue weighted by Crippen LogP contribution is -2.46. The van der Waals surface area contributed by atoms with Crippen LogP contribution in [0.4, 0.5) is 0 Å². The fourth-order valence-corrected chi connectivity index (χ4v) is 4.31. The van der Waals surface area contributed by atoms with Crippen molar-refractivity contribution in [1.82, 2.24) is 0 Å². The number of rotatable bonds is 8. The van der Waals surface area contributed by atoms with Crippen molar-refractivity contribution in [2.75, 3.05) is 27.2 Å². The van der Waals surface area contributed by atoms with Crippen molar-refractivity contribution in [1.29, 1.82) is 0 Å². The second kappa shape index (κ2) is 9.16. The Bertz CT molecular complexity index is 500. The van der Waals surface area contributed by atoms with Crippen molar-refractivity contribution in [3.63, 3.8) is 0 Å². The van der Waals surface area contributed by atoms with E-state index in [1.54, 1.807) is 0 Å². The molecule has 0 saturated heterocycles. The number of aliphatic hydroxyl groups is 1. The molecule has 0 aliphatic heterocycles. The zero-order valence-corrected chi connectivity index (χ0v) is 16.8. The van der Waals surface area contributed by atoms with E-state index in [0.29, 0.717) is 31.1 Å². The summed E-state index contributed by atoms with van der Waals surface area (Å²) >= 11 is 0. The molecule has 1 aromatic carbocycles. The van der Waals surface area contributed by atoms with E-state index < -0.39 is 6.10 Å². The number of ether oxygens (including phenoxy) is 1. The van der Waals surface area contributed by atoms with Gasteiger partial charge in [-0.15, -0.1) is 0 Å². The molecule has 1 saturated carbocycles. The molecule has 1 fully saturated rings. The number of aliphatic hydroxyl groups excluding tert-OH is 1. The smallest absolute Gasteiger partial charge is 0.126 e. The molecule has 1 aromatic rings. The molecule has 0 aromatic heterocycles. The monoisotopic (exact) mass is 348 g/mol. The van der Waals surface area contributed by atoms with Crippen LogP contribution in [-0.2, 0) is 11.3 Å². The highest BCUT2D eigenvalue weighted by Crippen LogP contribution is 2.35. The Kier molecular flexibility index (Phi) is 7.48. The molecule has 3 heteroatoms. The van der Waals surface area contributed by atoms with Gasteiger partial charge >= 0.3 is 0 Å². The molecule has 2 rings (SSSR count). The summed E-state index contributed by atoms with van der Waals surface area (Å²) < 4.78 is 6.99. The van der Waals surface area contributed by atoms with Crippen LogP contribution >= 0.6 is 0 Å². The van der Waals surface area contributed by atoms with Gasteiger partial charge in [0.2, 0.25) is 0 Å². The van der Waals surface area contributed by atoms with E-state index in [9.17, 15) is 5.11 Å². The van der Waals surface area contributed by atoms with Crippen LogP contribution in [0.5, 0.6) is 0 Å². The van der Waals surface area contributed by atoms with Crippen molar-refractivity contribution in [3.05, 3.63) is 35.9 Å². The SMILES string of the molecule is CC(C)[C@H]1CC[C@@H](C)C[C@H]1OC[C@@H](O)C[N+](C)(C)Cc1ccccc1. The molecule has 25 heavy (non-hydrogen) atoms. The summed E-state index contributed by atoms with van der Waals surface area (Å²) in [6.45, 7) is 9.01. The number of hydrogen-bond donors (Lipinski definition) is 1. The molecule has 0 unspecified atom stereocenters. The van der Waals surface area contributed by atoms with Crippen LogP contribution in [-0.4, -0.2) is 49.0 Å². The Balaban J connectivity index is 1.83. The molecule has 1 aliphatic carbocycles. The molecule has 4 atom stereocenters. The lowest BCUT2D eigenvalue weighted by atomic mass is 9.75. The van der Waals surface area contributed by atoms with Crippen LogP contribution in [0.2, 0.25) is 0 Å². The average molecular weight is 349 g/mol. The first-order valence-corrected chi connectivity index (χ1v) is 9.92. The number of nitrogens with zero attached hydrogens (tertiary/aromatic N) is 1. The van der Waals surface area contributed by atoms with Gasteiger partial charge in [-0.05, 0) is 30.6 Å². The Hall–Kier alpha value is -0.900. The minimum atomic E-state index is -0.413. The third kappa shape index (κ3) is 6.73. The predicted octanol–water partition coefficient (Wildman–Crippen LogP) is 4.10. The summed E-state index contributed by atoms with van der Waals surface area (Å²) in [5.41, 5.74) is 1.31. The maximum absolute atomic E-state index is 10.5. The predicted molar refractivity (Wildman–Crippen MR) is 104 cm³/mol. The summed E-state index contributed by atoms with van der Waals surface area (Å²) in [6.07, 6.45) is 3.60. The fourth-order valence-electron chi connectivity index (χ4n) is 4.31. The third-order valence-corrected chi connectivity index (χ3v) is 5.62. The fraction of sp³-hybridized carbons (Fsp3) is 0.727. The van der Waals surface area contributed by atoms with E-state index in [1.807, 2.05) is 6.07 Å². The summed E-state index contributed by atoms with van der Waals surface area (Å²) in [7, 11) is 4.35. The lowest BCUT2D eigenvalue weighted by Gasteiger charge is -2.38. The van der Waals surface area contributed by atoms with E-state index in [2.05, 4.69) is 59.1 Å². The van der Waals surface area contributed by atoms with Crippen molar-refractivity contribution < 1.29 is 14.3 Å². The summed E-state index contributed by atoms with van der Waals surface area (Å²) in [6, 6.07) is 10.5. The van der Waals surface area contributed by atoms with Crippen LogP contribution in [0, 0.1) is 17.8 Å². The van der Waals surface area contributed by atoms with Crippen molar-refractivity contribution in [2.45, 2.75) is 58.8 Å². The van der Waals surface area contributed by atoms with E-state index >= 15 is 0 Å². The van der Waals surface area contributed by atoms with E-state index in [1.165, 1.54) is 18.4 Å². The molecule has 1 N–H and O–H groups in total. The second-order valence-corrected chi connectivity index (χ2v) is 9.11. The van der Waals surface area contributed by atoms with Crippen molar-refractivity contribution >= 4 is 0 Å². The number of hydrogen-bond acceptors (Lipinski definition) is 2. The van der Waals surface area contributed by atoms with Crippen LogP contribution in [0.1, 0.15) is 45.6 Å². The summed E-state index contributed by atoms with van der Waals surface area (Å²) in [5.74, 6) is 2.03. The lowest BCUT2D eigenvalue weighted by molar-refractivity contribution is -0.906. The van der Waals surface area contributed by atoms with Gasteiger partial charge in [0, 0.05) is 5.56 Å². The minimum Gasteiger partial charge on any atom is -0.385 e. The highest BCUT2D eigenvalue weighted by Gasteiger charge is 2.32. The standard InChI is InChI=1S/C22H38NO2/c1-17(2)21-12-11-18(3)13-22(21)25-16-20(24)15-23(4,5)14-19-9-7-6-8-10-19/h6-10,17-18,20-22,24H,11-16H2,1-5H3/q+1/t18-,20+,21-,22-/m1/s1. The zero-order chi connectivity index (χ0) is 18.4. The molecular weight excluding hydrogens is 310 g/mol. The quantitative estimate of drug-likeness (QED) is 0.717. The van der Waals surface area contributed by atoms with Crippen LogP contribution in [0.3, 0.4) is 0 Å². The van der Waals surface area contributed by atoms with E-state index in [-0.39, 0.29) is 0 Å². The first kappa shape index (κ1) is 20.4. The van der Waals surface area contributed by atoms with E-state index in [0.717, 1.165) is 23.4 Å². The van der Waals surface area contributed by atoms with Gasteiger partial charge in [0.25, 0.3) is 0 Å². The van der Waals surface area contributed by atoms with Gasteiger partial charge in [-0.25, -0.2) is 0 Å². The Morgan fingerprint density at radius 2 is 1.84 bits per heavy atom. The van der Waals surface area contributed by atoms with E-state index in [4.69, 9.17) is 4.74 Å².